The van der Waals surface area contributed by atoms with E-state index < -0.39 is 0 Å². The molecule has 0 spiro atoms. The van der Waals surface area contributed by atoms with E-state index in [0.717, 1.165) is 5.69 Å². The van der Waals surface area contributed by atoms with Gasteiger partial charge >= 0.3 is 0 Å². The Bertz CT molecular complexity index is 297. The summed E-state index contributed by atoms with van der Waals surface area (Å²) in [6.07, 6.45) is 2.44. The predicted octanol–water partition coefficient (Wildman–Crippen LogP) is 2.62. The van der Waals surface area contributed by atoms with Crippen LogP contribution in [0.25, 0.3) is 0 Å². The molecule has 0 radical (unpaired) electrons. The van der Waals surface area contributed by atoms with Crippen molar-refractivity contribution >= 4 is 17.3 Å². The standard InChI is InChI=1S/C9H10ClNO/c10-8-5-7(12)3-4-9(8)11-6-1-2-6/h3-6,11-12H,1-2H2. The van der Waals surface area contributed by atoms with Gasteiger partial charge in [-0.15, -0.1) is 0 Å². The molecule has 0 atom stereocenters. The van der Waals surface area contributed by atoms with E-state index in [0.29, 0.717) is 11.1 Å². The van der Waals surface area contributed by atoms with Crippen LogP contribution in [0, 0.1) is 0 Å². The molecular weight excluding hydrogens is 174 g/mol. The van der Waals surface area contributed by atoms with E-state index >= 15 is 0 Å². The number of aromatic hydroxyl groups is 1. The van der Waals surface area contributed by atoms with Crippen LogP contribution in [0.2, 0.25) is 5.02 Å². The average Bonchev–Trinajstić information content (AvgIpc) is 2.79. The Morgan fingerprint density at radius 2 is 2.17 bits per heavy atom. The second-order valence-electron chi connectivity index (χ2n) is 3.08. The van der Waals surface area contributed by atoms with E-state index in [2.05, 4.69) is 5.32 Å². The molecule has 2 N–H and O–H groups in total. The third kappa shape index (κ3) is 1.64. The number of rotatable bonds is 2. The number of phenolic OH excluding ortho intramolecular Hbond substituents is 1. The van der Waals surface area contributed by atoms with Gasteiger partial charge in [0.2, 0.25) is 0 Å². The van der Waals surface area contributed by atoms with Crippen LogP contribution in [0.3, 0.4) is 0 Å². The number of hydrogen-bond donors (Lipinski definition) is 2. The minimum absolute atomic E-state index is 0.210. The molecule has 1 saturated carbocycles. The molecule has 1 aliphatic carbocycles. The molecule has 2 rings (SSSR count). The maximum Gasteiger partial charge on any atom is 0.117 e. The molecule has 3 heteroatoms. The predicted molar refractivity (Wildman–Crippen MR) is 49.8 cm³/mol. The second kappa shape index (κ2) is 2.87. The van der Waals surface area contributed by atoms with E-state index in [1.807, 2.05) is 0 Å². The SMILES string of the molecule is Oc1ccc(NC2CC2)c(Cl)c1. The zero-order chi connectivity index (χ0) is 8.55. The minimum Gasteiger partial charge on any atom is -0.508 e. The zero-order valence-corrected chi connectivity index (χ0v) is 7.30. The number of hydrogen-bond acceptors (Lipinski definition) is 2. The van der Waals surface area contributed by atoms with Crippen molar-refractivity contribution in [2.75, 3.05) is 5.32 Å². The van der Waals surface area contributed by atoms with Crippen molar-refractivity contribution in [1.29, 1.82) is 0 Å². The number of halogens is 1. The van der Waals surface area contributed by atoms with E-state index in [4.69, 9.17) is 16.7 Å². The van der Waals surface area contributed by atoms with Gasteiger partial charge in [-0.3, -0.25) is 0 Å². The largest absolute Gasteiger partial charge is 0.508 e. The van der Waals surface area contributed by atoms with Gasteiger partial charge in [-0.25, -0.2) is 0 Å². The Hall–Kier alpha value is -0.890. The molecule has 0 unspecified atom stereocenters. The smallest absolute Gasteiger partial charge is 0.117 e. The first-order valence-electron chi connectivity index (χ1n) is 4.01. The van der Waals surface area contributed by atoms with Crippen LogP contribution in [-0.4, -0.2) is 11.1 Å². The highest BCUT2D eigenvalue weighted by atomic mass is 35.5. The summed E-state index contributed by atoms with van der Waals surface area (Å²) >= 11 is 5.88. The van der Waals surface area contributed by atoms with Crippen molar-refractivity contribution in [3.05, 3.63) is 23.2 Å². The lowest BCUT2D eigenvalue weighted by Crippen LogP contribution is -2.00. The highest BCUT2D eigenvalue weighted by Gasteiger charge is 2.21. The van der Waals surface area contributed by atoms with Crippen LogP contribution in [0.4, 0.5) is 5.69 Å². The Morgan fingerprint density at radius 3 is 2.75 bits per heavy atom. The molecule has 1 fully saturated rings. The van der Waals surface area contributed by atoms with E-state index in [9.17, 15) is 0 Å². The monoisotopic (exact) mass is 183 g/mol. The molecule has 0 amide bonds. The summed E-state index contributed by atoms with van der Waals surface area (Å²) in [7, 11) is 0. The molecule has 1 aliphatic rings. The Morgan fingerprint density at radius 1 is 1.42 bits per heavy atom. The molecule has 0 heterocycles. The fourth-order valence-electron chi connectivity index (χ4n) is 1.07. The van der Waals surface area contributed by atoms with Gasteiger partial charge in [-0.05, 0) is 25.0 Å². The lowest BCUT2D eigenvalue weighted by molar-refractivity contribution is 0.475. The first-order chi connectivity index (χ1) is 5.75. The van der Waals surface area contributed by atoms with Gasteiger partial charge in [0, 0.05) is 12.1 Å². The summed E-state index contributed by atoms with van der Waals surface area (Å²) in [4.78, 5) is 0. The molecule has 1 aromatic carbocycles. The first-order valence-corrected chi connectivity index (χ1v) is 4.38. The summed E-state index contributed by atoms with van der Waals surface area (Å²) < 4.78 is 0. The molecular formula is C9H10ClNO. The zero-order valence-electron chi connectivity index (χ0n) is 6.55. The summed E-state index contributed by atoms with van der Waals surface area (Å²) in [6, 6.07) is 5.57. The third-order valence-corrected chi connectivity index (χ3v) is 2.20. The van der Waals surface area contributed by atoms with Gasteiger partial charge in [0.25, 0.3) is 0 Å². The normalized spacial score (nSPS) is 16.1. The first kappa shape index (κ1) is 7.74. The molecule has 0 aromatic heterocycles. The fraction of sp³-hybridized carbons (Fsp3) is 0.333. The van der Waals surface area contributed by atoms with Gasteiger partial charge in [-0.1, -0.05) is 11.6 Å². The highest BCUT2D eigenvalue weighted by Crippen LogP contribution is 2.31. The fourth-order valence-corrected chi connectivity index (χ4v) is 1.30. The number of phenols is 1. The van der Waals surface area contributed by atoms with Crippen molar-refractivity contribution in [2.45, 2.75) is 18.9 Å². The van der Waals surface area contributed by atoms with Crippen molar-refractivity contribution < 1.29 is 5.11 Å². The molecule has 12 heavy (non-hydrogen) atoms. The molecule has 0 aliphatic heterocycles. The summed E-state index contributed by atoms with van der Waals surface area (Å²) in [5.74, 6) is 0.210. The van der Waals surface area contributed by atoms with Crippen LogP contribution >= 0.6 is 11.6 Å². The molecule has 1 aromatic rings. The lowest BCUT2D eigenvalue weighted by Gasteiger charge is -2.06. The number of anilines is 1. The van der Waals surface area contributed by atoms with Gasteiger partial charge in [0.15, 0.2) is 0 Å². The molecule has 0 saturated heterocycles. The topological polar surface area (TPSA) is 32.3 Å². The van der Waals surface area contributed by atoms with Gasteiger partial charge in [-0.2, -0.15) is 0 Å². The molecule has 2 nitrogen and oxygen atoms in total. The van der Waals surface area contributed by atoms with Crippen LogP contribution < -0.4 is 5.32 Å². The molecule has 0 bridgehead atoms. The van der Waals surface area contributed by atoms with Crippen molar-refractivity contribution in [1.82, 2.24) is 0 Å². The van der Waals surface area contributed by atoms with Crippen LogP contribution in [0.5, 0.6) is 5.75 Å². The van der Waals surface area contributed by atoms with E-state index in [-0.39, 0.29) is 5.75 Å². The van der Waals surface area contributed by atoms with E-state index in [1.165, 1.54) is 12.8 Å². The Kier molecular flexibility index (Phi) is 1.85. The van der Waals surface area contributed by atoms with Crippen LogP contribution in [0.1, 0.15) is 12.8 Å². The quantitative estimate of drug-likeness (QED) is 0.691. The third-order valence-electron chi connectivity index (χ3n) is 1.89. The average molecular weight is 184 g/mol. The lowest BCUT2D eigenvalue weighted by atomic mass is 10.3. The summed E-state index contributed by atoms with van der Waals surface area (Å²) in [5, 5.41) is 12.9. The minimum atomic E-state index is 0.210. The summed E-state index contributed by atoms with van der Waals surface area (Å²) in [5.41, 5.74) is 0.914. The van der Waals surface area contributed by atoms with Crippen molar-refractivity contribution in [3.63, 3.8) is 0 Å². The van der Waals surface area contributed by atoms with Crippen molar-refractivity contribution in [2.24, 2.45) is 0 Å². The highest BCUT2D eigenvalue weighted by molar-refractivity contribution is 6.33. The maximum absolute atomic E-state index is 9.08. The van der Waals surface area contributed by atoms with Gasteiger partial charge < -0.3 is 10.4 Å². The number of benzene rings is 1. The van der Waals surface area contributed by atoms with Crippen LogP contribution in [0.15, 0.2) is 18.2 Å². The van der Waals surface area contributed by atoms with Crippen LogP contribution in [-0.2, 0) is 0 Å². The van der Waals surface area contributed by atoms with Crippen molar-refractivity contribution in [3.8, 4) is 5.75 Å². The van der Waals surface area contributed by atoms with Gasteiger partial charge in [0.1, 0.15) is 5.75 Å². The second-order valence-corrected chi connectivity index (χ2v) is 3.49. The Balaban J connectivity index is 2.18. The maximum atomic E-state index is 9.08. The van der Waals surface area contributed by atoms with E-state index in [1.54, 1.807) is 18.2 Å². The Labute approximate surface area is 76.2 Å². The molecule has 64 valence electrons. The number of nitrogens with one attached hydrogen (secondary N) is 1. The van der Waals surface area contributed by atoms with Gasteiger partial charge in [0.05, 0.1) is 10.7 Å². The summed E-state index contributed by atoms with van der Waals surface area (Å²) in [6.45, 7) is 0.